The Kier molecular flexibility index (Phi) is 5.66. The molecule has 1 atom stereocenters. The highest BCUT2D eigenvalue weighted by atomic mass is 32.2. The lowest BCUT2D eigenvalue weighted by Crippen LogP contribution is -2.36. The van der Waals surface area contributed by atoms with Crippen molar-refractivity contribution < 1.29 is 23.8 Å². The van der Waals surface area contributed by atoms with Crippen molar-refractivity contribution in [1.29, 1.82) is 0 Å². The van der Waals surface area contributed by atoms with E-state index in [0.29, 0.717) is 11.4 Å². The number of rotatable bonds is 6. The summed E-state index contributed by atoms with van der Waals surface area (Å²) in [4.78, 5) is 12.5. The molecule has 1 N–H and O–H groups in total. The fourth-order valence-corrected chi connectivity index (χ4v) is 3.27. The molecule has 0 spiro atoms. The number of nitrogens with one attached hydrogen (secondary N) is 1. The molecule has 1 heterocycles. The molecule has 1 unspecified atom stereocenters. The summed E-state index contributed by atoms with van der Waals surface area (Å²) < 4.78 is 11.3. The molecule has 0 fully saturated rings. The van der Waals surface area contributed by atoms with Crippen LogP contribution in [0.25, 0.3) is 5.69 Å². The number of amides is 1. The molecule has 3 aromatic rings. The highest BCUT2D eigenvalue weighted by Gasteiger charge is 2.26. The fourth-order valence-electron chi connectivity index (χ4n) is 2.39. The molecule has 0 aliphatic heterocycles. The van der Waals surface area contributed by atoms with Crippen LogP contribution in [-0.4, -0.2) is 23.5 Å². The van der Waals surface area contributed by atoms with Crippen LogP contribution in [0.3, 0.4) is 0 Å². The maximum Gasteiger partial charge on any atom is 0.298 e. The number of carbonyl (C=O) groups is 1. The maximum absolute atomic E-state index is 12.5. The first kappa shape index (κ1) is 18.8. The van der Waals surface area contributed by atoms with Crippen molar-refractivity contribution in [1.82, 2.24) is 5.27 Å². The molecule has 0 aliphatic rings. The van der Waals surface area contributed by atoms with E-state index in [0.717, 1.165) is 23.0 Å². The largest absolute Gasteiger partial charge is 0.538 e. The molecular formula is C19H19N3O4S. The van der Waals surface area contributed by atoms with Gasteiger partial charge in [0.1, 0.15) is 5.75 Å². The average Bonchev–Trinajstić information content (AvgIpc) is 3.04. The summed E-state index contributed by atoms with van der Waals surface area (Å²) in [6.07, 6.45) is 0. The number of hydrogen-bond donors (Lipinski definition) is 1. The van der Waals surface area contributed by atoms with E-state index in [-0.39, 0.29) is 10.9 Å². The summed E-state index contributed by atoms with van der Waals surface area (Å²) in [5, 5.41) is 18.4. The van der Waals surface area contributed by atoms with E-state index in [9.17, 15) is 9.90 Å². The third kappa shape index (κ3) is 4.22. The van der Waals surface area contributed by atoms with Crippen LogP contribution >= 0.6 is 11.8 Å². The lowest BCUT2D eigenvalue weighted by Gasteiger charge is -2.12. The van der Waals surface area contributed by atoms with E-state index >= 15 is 0 Å². The van der Waals surface area contributed by atoms with Gasteiger partial charge in [-0.1, -0.05) is 18.2 Å². The highest BCUT2D eigenvalue weighted by molar-refractivity contribution is 8.00. The molecule has 2 aromatic carbocycles. The third-order valence-electron chi connectivity index (χ3n) is 3.95. The van der Waals surface area contributed by atoms with Gasteiger partial charge >= 0.3 is 0 Å². The summed E-state index contributed by atoms with van der Waals surface area (Å²) >= 11 is 1.09. The number of anilines is 1. The molecule has 0 saturated heterocycles. The van der Waals surface area contributed by atoms with Gasteiger partial charge in [0.05, 0.1) is 17.6 Å². The molecule has 7 nitrogen and oxygen atoms in total. The van der Waals surface area contributed by atoms with Crippen LogP contribution in [0.4, 0.5) is 5.69 Å². The SMILES string of the molecule is COc1ccc(-[n+]2noc([O-])c2SC(C)C(=O)Nc2ccccc2C)cc1. The minimum atomic E-state index is -0.591. The van der Waals surface area contributed by atoms with Gasteiger partial charge in [-0.3, -0.25) is 4.79 Å². The summed E-state index contributed by atoms with van der Waals surface area (Å²) in [7, 11) is 1.57. The Labute approximate surface area is 160 Å². The van der Waals surface area contributed by atoms with Gasteiger partial charge in [-0.25, -0.2) is 0 Å². The lowest BCUT2D eigenvalue weighted by molar-refractivity contribution is -0.705. The van der Waals surface area contributed by atoms with Gasteiger partial charge < -0.3 is 19.7 Å². The van der Waals surface area contributed by atoms with Gasteiger partial charge in [0.2, 0.25) is 11.6 Å². The normalized spacial score (nSPS) is 11.8. The second kappa shape index (κ2) is 8.13. The molecule has 27 heavy (non-hydrogen) atoms. The molecule has 3 rings (SSSR count). The highest BCUT2D eigenvalue weighted by Crippen LogP contribution is 2.28. The molecule has 0 radical (unpaired) electrons. The predicted molar refractivity (Wildman–Crippen MR) is 99.2 cm³/mol. The van der Waals surface area contributed by atoms with Gasteiger partial charge in [-0.05, 0) is 54.1 Å². The molecule has 0 bridgehead atoms. The zero-order chi connectivity index (χ0) is 19.4. The lowest BCUT2D eigenvalue weighted by atomic mass is 10.2. The van der Waals surface area contributed by atoms with Gasteiger partial charge in [0, 0.05) is 17.8 Å². The molecule has 1 amide bonds. The molecule has 140 valence electrons. The van der Waals surface area contributed by atoms with Crippen LogP contribution in [0.1, 0.15) is 12.5 Å². The van der Waals surface area contributed by atoms with Crippen molar-refractivity contribution >= 4 is 23.4 Å². The first-order chi connectivity index (χ1) is 13.0. The topological polar surface area (TPSA) is 91.3 Å². The Balaban J connectivity index is 1.77. The standard InChI is InChI=1S/C19H19N3O4S/c1-12-6-4-5-7-16(12)20-17(23)13(2)27-18-19(24)26-21-22(18)14-8-10-15(25-3)11-9-14/h4-11,13H,1-3H3,(H-,20,21,23,24). The van der Waals surface area contributed by atoms with Gasteiger partial charge in [0.15, 0.2) is 5.95 Å². The van der Waals surface area contributed by atoms with Crippen molar-refractivity contribution in [3.05, 3.63) is 54.1 Å². The molecule has 0 saturated carbocycles. The van der Waals surface area contributed by atoms with Crippen LogP contribution in [-0.2, 0) is 4.79 Å². The van der Waals surface area contributed by atoms with Crippen LogP contribution in [0, 0.1) is 6.92 Å². The first-order valence-electron chi connectivity index (χ1n) is 8.26. The summed E-state index contributed by atoms with van der Waals surface area (Å²) in [5.41, 5.74) is 2.34. The number of aromatic nitrogens is 2. The number of methoxy groups -OCH3 is 1. The predicted octanol–water partition coefficient (Wildman–Crippen LogP) is 2.46. The van der Waals surface area contributed by atoms with E-state index in [1.165, 1.54) is 4.68 Å². The van der Waals surface area contributed by atoms with E-state index in [1.807, 2.05) is 31.2 Å². The summed E-state index contributed by atoms with van der Waals surface area (Å²) in [6.45, 7) is 3.64. The second-order valence-electron chi connectivity index (χ2n) is 5.84. The summed E-state index contributed by atoms with van der Waals surface area (Å²) in [6, 6.07) is 14.5. The monoisotopic (exact) mass is 385 g/mol. The first-order valence-corrected chi connectivity index (χ1v) is 9.14. The molecule has 1 aromatic heterocycles. The van der Waals surface area contributed by atoms with Gasteiger partial charge in [0.25, 0.3) is 5.03 Å². The van der Waals surface area contributed by atoms with Crippen molar-refractivity contribution in [2.24, 2.45) is 0 Å². The van der Waals surface area contributed by atoms with Gasteiger partial charge in [-0.2, -0.15) is 0 Å². The molecular weight excluding hydrogens is 366 g/mol. The zero-order valence-corrected chi connectivity index (χ0v) is 15.9. The van der Waals surface area contributed by atoms with Crippen molar-refractivity contribution in [2.75, 3.05) is 12.4 Å². The Morgan fingerprint density at radius 2 is 1.96 bits per heavy atom. The number of thioether (sulfide) groups is 1. The molecule has 0 aliphatic carbocycles. The summed E-state index contributed by atoms with van der Waals surface area (Å²) in [5.74, 6) is -0.118. The number of hydrogen-bond acceptors (Lipinski definition) is 6. The Morgan fingerprint density at radius 3 is 2.63 bits per heavy atom. The Hall–Kier alpha value is -3.00. The number of para-hydroxylation sites is 1. The van der Waals surface area contributed by atoms with Crippen molar-refractivity contribution in [2.45, 2.75) is 24.1 Å². The maximum atomic E-state index is 12.5. The number of benzene rings is 2. The minimum absolute atomic E-state index is 0.212. The van der Waals surface area contributed by atoms with E-state index < -0.39 is 11.2 Å². The Morgan fingerprint density at radius 1 is 1.26 bits per heavy atom. The van der Waals surface area contributed by atoms with Gasteiger partial charge in [-0.15, -0.1) is 0 Å². The number of carbonyl (C=O) groups excluding carboxylic acids is 1. The Bertz CT molecular complexity index is 940. The number of ether oxygens (including phenoxy) is 1. The average molecular weight is 385 g/mol. The van der Waals surface area contributed by atoms with E-state index in [1.54, 1.807) is 38.3 Å². The molecule has 8 heteroatoms. The van der Waals surface area contributed by atoms with Crippen LogP contribution < -0.4 is 19.8 Å². The second-order valence-corrected chi connectivity index (χ2v) is 7.17. The van der Waals surface area contributed by atoms with Crippen LogP contribution in [0.2, 0.25) is 0 Å². The van der Waals surface area contributed by atoms with Crippen molar-refractivity contribution in [3.63, 3.8) is 0 Å². The quantitative estimate of drug-likeness (QED) is 0.518. The number of aryl methyl sites for hydroxylation is 1. The minimum Gasteiger partial charge on any atom is -0.538 e. The fraction of sp³-hybridized carbons (Fsp3) is 0.211. The number of nitrogens with zero attached hydrogens (tertiary/aromatic N) is 2. The van der Waals surface area contributed by atoms with Crippen LogP contribution in [0.15, 0.2) is 58.1 Å². The van der Waals surface area contributed by atoms with E-state index in [4.69, 9.17) is 9.26 Å². The zero-order valence-electron chi connectivity index (χ0n) is 15.1. The van der Waals surface area contributed by atoms with Crippen LogP contribution in [0.5, 0.6) is 11.7 Å². The third-order valence-corrected chi connectivity index (χ3v) is 5.08. The smallest absolute Gasteiger partial charge is 0.298 e. The van der Waals surface area contributed by atoms with E-state index in [2.05, 4.69) is 10.6 Å². The van der Waals surface area contributed by atoms with Crippen molar-refractivity contribution in [3.8, 4) is 17.4 Å².